The van der Waals surface area contributed by atoms with Crippen molar-refractivity contribution in [1.29, 1.82) is 0 Å². The van der Waals surface area contributed by atoms with E-state index in [1.54, 1.807) is 10.6 Å². The first-order chi connectivity index (χ1) is 11.6. The van der Waals surface area contributed by atoms with Gasteiger partial charge in [0.1, 0.15) is 5.75 Å². The Morgan fingerprint density at radius 2 is 1.79 bits per heavy atom. The van der Waals surface area contributed by atoms with Crippen LogP contribution in [-0.4, -0.2) is 10.5 Å². The molecule has 0 saturated carbocycles. The maximum Gasteiger partial charge on any atom is 0.419 e. The number of aryl methyl sites for hydroxylation is 3. The number of aromatic nitrogens is 1. The molecule has 0 spiro atoms. The quantitative estimate of drug-likeness (QED) is 0.531. The molecule has 0 N–H and O–H groups in total. The summed E-state index contributed by atoms with van der Waals surface area (Å²) >= 11 is 0. The Kier molecular flexibility index (Phi) is 4.51. The highest BCUT2D eigenvalue weighted by molar-refractivity contribution is 5.74. The lowest BCUT2D eigenvalue weighted by Crippen LogP contribution is -2.16. The maximum absolute atomic E-state index is 12.1. The Morgan fingerprint density at radius 3 is 2.54 bits per heavy atom. The molecule has 0 fully saturated rings. The average molecular weight is 325 g/mol. The predicted octanol–water partition coefficient (Wildman–Crippen LogP) is 3.60. The van der Waals surface area contributed by atoms with Crippen LogP contribution in [0, 0.1) is 13.8 Å². The SMILES string of the molecule is Cc1cccc(C)c1OC(=O)CCCn1c(=O)oc2ccccc21. The summed E-state index contributed by atoms with van der Waals surface area (Å²) < 4.78 is 12.2. The molecule has 24 heavy (non-hydrogen) atoms. The molecule has 0 radical (unpaired) electrons. The number of ether oxygens (including phenoxy) is 1. The zero-order valence-electron chi connectivity index (χ0n) is 13.7. The number of oxazole rings is 1. The molecule has 3 rings (SSSR count). The minimum atomic E-state index is -0.403. The van der Waals surface area contributed by atoms with Crippen LogP contribution in [0.4, 0.5) is 0 Å². The molecule has 0 saturated heterocycles. The highest BCUT2D eigenvalue weighted by Gasteiger charge is 2.12. The van der Waals surface area contributed by atoms with Gasteiger partial charge in [-0.2, -0.15) is 0 Å². The maximum atomic E-state index is 12.1. The van der Waals surface area contributed by atoms with E-state index in [4.69, 9.17) is 9.15 Å². The van der Waals surface area contributed by atoms with Crippen LogP contribution in [0.15, 0.2) is 51.7 Å². The summed E-state index contributed by atoms with van der Waals surface area (Å²) in [6, 6.07) is 13.0. The Labute approximate surface area is 139 Å². The van der Waals surface area contributed by atoms with Crippen molar-refractivity contribution in [3.8, 4) is 5.75 Å². The summed E-state index contributed by atoms with van der Waals surface area (Å²) in [5.41, 5.74) is 3.16. The fraction of sp³-hybridized carbons (Fsp3) is 0.263. The number of hydrogen-bond donors (Lipinski definition) is 0. The van der Waals surface area contributed by atoms with Crippen molar-refractivity contribution in [3.05, 3.63) is 64.1 Å². The van der Waals surface area contributed by atoms with Gasteiger partial charge in [0.25, 0.3) is 0 Å². The molecular formula is C19H19NO4. The second-order valence-corrected chi connectivity index (χ2v) is 5.79. The standard InChI is InChI=1S/C19H19NO4/c1-13-7-5-8-14(2)18(13)24-17(21)11-6-12-20-15-9-3-4-10-16(15)23-19(20)22/h3-5,7-10H,6,11-12H2,1-2H3. The molecule has 2 aromatic carbocycles. The number of nitrogens with zero attached hydrogens (tertiary/aromatic N) is 1. The van der Waals surface area contributed by atoms with Gasteiger partial charge in [-0.1, -0.05) is 30.3 Å². The van der Waals surface area contributed by atoms with E-state index in [0.29, 0.717) is 24.3 Å². The molecular weight excluding hydrogens is 306 g/mol. The second-order valence-electron chi connectivity index (χ2n) is 5.79. The first-order valence-electron chi connectivity index (χ1n) is 7.91. The van der Waals surface area contributed by atoms with Gasteiger partial charge in [0.05, 0.1) is 5.52 Å². The van der Waals surface area contributed by atoms with Gasteiger partial charge in [-0.3, -0.25) is 9.36 Å². The fourth-order valence-electron chi connectivity index (χ4n) is 2.73. The highest BCUT2D eigenvalue weighted by atomic mass is 16.5. The van der Waals surface area contributed by atoms with E-state index >= 15 is 0 Å². The van der Waals surface area contributed by atoms with Crippen molar-refractivity contribution in [1.82, 2.24) is 4.57 Å². The van der Waals surface area contributed by atoms with Crippen molar-refractivity contribution in [2.75, 3.05) is 0 Å². The van der Waals surface area contributed by atoms with Crippen molar-refractivity contribution >= 4 is 17.1 Å². The summed E-state index contributed by atoms with van der Waals surface area (Å²) in [6.07, 6.45) is 0.743. The first-order valence-corrected chi connectivity index (χ1v) is 7.91. The van der Waals surface area contributed by atoms with Crippen LogP contribution < -0.4 is 10.5 Å². The van der Waals surface area contributed by atoms with Crippen LogP contribution in [-0.2, 0) is 11.3 Å². The fourth-order valence-corrected chi connectivity index (χ4v) is 2.73. The third kappa shape index (κ3) is 3.25. The largest absolute Gasteiger partial charge is 0.426 e. The molecule has 0 aliphatic rings. The lowest BCUT2D eigenvalue weighted by molar-refractivity contribution is -0.134. The Balaban J connectivity index is 1.63. The number of carbonyl (C=O) groups excluding carboxylic acids is 1. The van der Waals surface area contributed by atoms with E-state index in [9.17, 15) is 9.59 Å². The smallest absolute Gasteiger partial charge is 0.419 e. The number of esters is 1. The Morgan fingerprint density at radius 1 is 1.08 bits per heavy atom. The molecule has 0 amide bonds. The van der Waals surface area contributed by atoms with Gasteiger partial charge in [-0.25, -0.2) is 4.79 Å². The molecule has 0 unspecified atom stereocenters. The summed E-state index contributed by atoms with van der Waals surface area (Å²) in [5, 5.41) is 0. The molecule has 124 valence electrons. The zero-order chi connectivity index (χ0) is 17.1. The molecule has 0 aliphatic heterocycles. The average Bonchev–Trinajstić information content (AvgIpc) is 2.87. The molecule has 3 aromatic rings. The number of carbonyl (C=O) groups is 1. The first kappa shape index (κ1) is 16.1. The minimum Gasteiger partial charge on any atom is -0.426 e. The van der Waals surface area contributed by atoms with E-state index in [1.165, 1.54) is 0 Å². The van der Waals surface area contributed by atoms with Crippen LogP contribution in [0.25, 0.3) is 11.1 Å². The van der Waals surface area contributed by atoms with Crippen molar-refractivity contribution in [3.63, 3.8) is 0 Å². The van der Waals surface area contributed by atoms with Crippen molar-refractivity contribution < 1.29 is 13.9 Å². The molecule has 1 aromatic heterocycles. The van der Waals surface area contributed by atoms with Crippen molar-refractivity contribution in [2.45, 2.75) is 33.2 Å². The number of hydrogen-bond acceptors (Lipinski definition) is 4. The monoisotopic (exact) mass is 325 g/mol. The van der Waals surface area contributed by atoms with Gasteiger partial charge in [-0.15, -0.1) is 0 Å². The molecule has 5 nitrogen and oxygen atoms in total. The molecule has 0 atom stereocenters. The van der Waals surface area contributed by atoms with Gasteiger partial charge in [0.15, 0.2) is 5.58 Å². The van der Waals surface area contributed by atoms with Crippen LogP contribution in [0.2, 0.25) is 0 Å². The third-order valence-corrected chi connectivity index (χ3v) is 3.96. The second kappa shape index (κ2) is 6.74. The Bertz CT molecular complexity index is 916. The van der Waals surface area contributed by atoms with E-state index in [2.05, 4.69) is 0 Å². The lowest BCUT2D eigenvalue weighted by Gasteiger charge is -2.10. The van der Waals surface area contributed by atoms with Crippen LogP contribution in [0.5, 0.6) is 5.75 Å². The minimum absolute atomic E-state index is 0.236. The summed E-state index contributed by atoms with van der Waals surface area (Å²) in [5.74, 6) is -0.0824. The molecule has 0 aliphatic carbocycles. The van der Waals surface area contributed by atoms with E-state index in [-0.39, 0.29) is 12.4 Å². The van der Waals surface area contributed by atoms with Gasteiger partial charge in [0, 0.05) is 13.0 Å². The van der Waals surface area contributed by atoms with Gasteiger partial charge in [-0.05, 0) is 43.5 Å². The highest BCUT2D eigenvalue weighted by Crippen LogP contribution is 2.23. The molecule has 0 bridgehead atoms. The van der Waals surface area contributed by atoms with Crippen LogP contribution in [0.1, 0.15) is 24.0 Å². The van der Waals surface area contributed by atoms with Gasteiger partial charge in [0.2, 0.25) is 0 Å². The number of rotatable bonds is 5. The lowest BCUT2D eigenvalue weighted by atomic mass is 10.1. The normalized spacial score (nSPS) is 10.9. The Hall–Kier alpha value is -2.82. The third-order valence-electron chi connectivity index (χ3n) is 3.96. The molecule has 1 heterocycles. The van der Waals surface area contributed by atoms with Gasteiger partial charge < -0.3 is 9.15 Å². The van der Waals surface area contributed by atoms with Gasteiger partial charge >= 0.3 is 11.7 Å². The predicted molar refractivity (Wildman–Crippen MR) is 91.3 cm³/mol. The topological polar surface area (TPSA) is 61.4 Å². The van der Waals surface area contributed by atoms with Crippen LogP contribution in [0.3, 0.4) is 0 Å². The van der Waals surface area contributed by atoms with E-state index < -0.39 is 5.76 Å². The van der Waals surface area contributed by atoms with E-state index in [0.717, 1.165) is 16.6 Å². The van der Waals surface area contributed by atoms with Crippen LogP contribution >= 0.6 is 0 Å². The molecule has 5 heteroatoms. The summed E-state index contributed by atoms with van der Waals surface area (Å²) in [7, 11) is 0. The summed E-state index contributed by atoms with van der Waals surface area (Å²) in [6.45, 7) is 4.23. The zero-order valence-corrected chi connectivity index (χ0v) is 13.7. The van der Waals surface area contributed by atoms with Crippen molar-refractivity contribution in [2.24, 2.45) is 0 Å². The number of para-hydroxylation sites is 3. The summed E-state index contributed by atoms with van der Waals surface area (Å²) in [4.78, 5) is 23.9. The number of benzene rings is 2. The van der Waals surface area contributed by atoms with E-state index in [1.807, 2.05) is 50.2 Å². The number of fused-ring (bicyclic) bond motifs is 1.